The van der Waals surface area contributed by atoms with Gasteiger partial charge in [-0.05, 0) is 31.5 Å². The molecule has 0 spiro atoms. The number of hydrogen-bond acceptors (Lipinski definition) is 5. The number of carbonyl (C=O) groups excluding carboxylic acids is 1. The van der Waals surface area contributed by atoms with Crippen molar-refractivity contribution in [3.05, 3.63) is 59.4 Å². The minimum absolute atomic E-state index is 0.145. The molecule has 1 aliphatic rings. The van der Waals surface area contributed by atoms with Gasteiger partial charge < -0.3 is 15.1 Å². The van der Waals surface area contributed by atoms with Gasteiger partial charge in [-0.2, -0.15) is 0 Å². The van der Waals surface area contributed by atoms with Gasteiger partial charge in [0.05, 0.1) is 10.7 Å². The Bertz CT molecular complexity index is 1010. The Hall–Kier alpha value is -3.13. The van der Waals surface area contributed by atoms with Crippen LogP contribution in [0.1, 0.15) is 11.4 Å². The average Bonchev–Trinajstić information content (AvgIpc) is 3.25. The van der Waals surface area contributed by atoms with E-state index in [2.05, 4.69) is 25.2 Å². The summed E-state index contributed by atoms with van der Waals surface area (Å²) in [6.07, 6.45) is 5.28. The van der Waals surface area contributed by atoms with Crippen molar-refractivity contribution in [1.29, 1.82) is 0 Å². The molecule has 1 N–H and O–H groups in total. The number of anilines is 2. The molecular formula is C20H22ClN7O. The maximum Gasteiger partial charge on any atom is 0.322 e. The van der Waals surface area contributed by atoms with Crippen LogP contribution in [0.15, 0.2) is 43.0 Å². The second kappa shape index (κ2) is 8.08. The molecule has 0 bridgehead atoms. The second-order valence-corrected chi connectivity index (χ2v) is 7.40. The van der Waals surface area contributed by atoms with E-state index >= 15 is 0 Å². The second-order valence-electron chi connectivity index (χ2n) is 6.99. The van der Waals surface area contributed by atoms with Crippen molar-refractivity contribution in [3.8, 4) is 5.82 Å². The number of aryl methyl sites for hydroxylation is 2. The van der Waals surface area contributed by atoms with E-state index in [1.807, 2.05) is 48.9 Å². The molecule has 1 aromatic carbocycles. The SMILES string of the molecule is Cc1ccc(NC(=O)N2CCN(c3cc(-n4ccnc4)nc(C)n3)CC2)c(Cl)c1. The van der Waals surface area contributed by atoms with Crippen LogP contribution < -0.4 is 10.2 Å². The molecule has 0 saturated carbocycles. The summed E-state index contributed by atoms with van der Waals surface area (Å²) in [4.78, 5) is 29.7. The molecular weight excluding hydrogens is 390 g/mol. The quantitative estimate of drug-likeness (QED) is 0.715. The molecule has 1 saturated heterocycles. The summed E-state index contributed by atoms with van der Waals surface area (Å²) in [5.41, 5.74) is 1.68. The third kappa shape index (κ3) is 4.32. The fraction of sp³-hybridized carbons (Fsp3) is 0.300. The smallest absolute Gasteiger partial charge is 0.322 e. The van der Waals surface area contributed by atoms with Crippen molar-refractivity contribution in [2.45, 2.75) is 13.8 Å². The molecule has 29 heavy (non-hydrogen) atoms. The first kappa shape index (κ1) is 19.2. The number of aromatic nitrogens is 4. The summed E-state index contributed by atoms with van der Waals surface area (Å²) in [5.74, 6) is 2.32. The zero-order valence-corrected chi connectivity index (χ0v) is 17.1. The number of benzene rings is 1. The first-order chi connectivity index (χ1) is 14.0. The number of amides is 2. The summed E-state index contributed by atoms with van der Waals surface area (Å²) >= 11 is 6.23. The van der Waals surface area contributed by atoms with E-state index in [-0.39, 0.29) is 6.03 Å². The van der Waals surface area contributed by atoms with E-state index in [0.717, 1.165) is 17.2 Å². The average molecular weight is 412 g/mol. The van der Waals surface area contributed by atoms with E-state index in [1.54, 1.807) is 17.4 Å². The molecule has 4 rings (SSSR count). The Labute approximate surface area is 174 Å². The van der Waals surface area contributed by atoms with Gasteiger partial charge in [-0.3, -0.25) is 4.57 Å². The highest BCUT2D eigenvalue weighted by atomic mass is 35.5. The van der Waals surface area contributed by atoms with Gasteiger partial charge in [0.2, 0.25) is 0 Å². The largest absolute Gasteiger partial charge is 0.353 e. The number of imidazole rings is 1. The molecule has 8 nitrogen and oxygen atoms in total. The lowest BCUT2D eigenvalue weighted by Gasteiger charge is -2.35. The van der Waals surface area contributed by atoms with Gasteiger partial charge in [-0.1, -0.05) is 17.7 Å². The first-order valence-corrected chi connectivity index (χ1v) is 9.78. The van der Waals surface area contributed by atoms with Crippen LogP contribution in [0.5, 0.6) is 0 Å². The maximum atomic E-state index is 12.6. The van der Waals surface area contributed by atoms with Crippen LogP contribution in [0.3, 0.4) is 0 Å². The van der Waals surface area contributed by atoms with Crippen molar-refractivity contribution < 1.29 is 4.79 Å². The summed E-state index contributed by atoms with van der Waals surface area (Å²) in [6.45, 7) is 6.41. The molecule has 0 atom stereocenters. The highest BCUT2D eigenvalue weighted by Crippen LogP contribution is 2.23. The van der Waals surface area contributed by atoms with Crippen molar-refractivity contribution in [2.75, 3.05) is 36.4 Å². The Balaban J connectivity index is 1.41. The summed E-state index contributed by atoms with van der Waals surface area (Å²) < 4.78 is 1.85. The number of halogens is 1. The van der Waals surface area contributed by atoms with Crippen molar-refractivity contribution in [2.24, 2.45) is 0 Å². The molecule has 0 unspecified atom stereocenters. The lowest BCUT2D eigenvalue weighted by Crippen LogP contribution is -2.50. The third-order valence-electron chi connectivity index (χ3n) is 4.84. The Morgan fingerprint density at radius 3 is 2.52 bits per heavy atom. The van der Waals surface area contributed by atoms with E-state index in [9.17, 15) is 4.79 Å². The zero-order chi connectivity index (χ0) is 20.4. The molecule has 2 aromatic heterocycles. The van der Waals surface area contributed by atoms with E-state index in [4.69, 9.17) is 11.6 Å². The van der Waals surface area contributed by atoms with Crippen LogP contribution in [0, 0.1) is 13.8 Å². The molecule has 0 aliphatic carbocycles. The van der Waals surface area contributed by atoms with Crippen molar-refractivity contribution in [3.63, 3.8) is 0 Å². The number of carbonyl (C=O) groups is 1. The van der Waals surface area contributed by atoms with Crippen LogP contribution in [0.4, 0.5) is 16.3 Å². The number of hydrogen-bond donors (Lipinski definition) is 1. The van der Waals surface area contributed by atoms with E-state index in [0.29, 0.717) is 42.7 Å². The molecule has 3 heterocycles. The van der Waals surface area contributed by atoms with Gasteiger partial charge in [-0.15, -0.1) is 0 Å². The lowest BCUT2D eigenvalue weighted by molar-refractivity contribution is 0.208. The van der Waals surface area contributed by atoms with Crippen LogP contribution in [-0.4, -0.2) is 56.6 Å². The van der Waals surface area contributed by atoms with Crippen LogP contribution in [0.25, 0.3) is 5.82 Å². The van der Waals surface area contributed by atoms with Gasteiger partial charge in [0.15, 0.2) is 0 Å². The van der Waals surface area contributed by atoms with Crippen molar-refractivity contribution in [1.82, 2.24) is 24.4 Å². The monoisotopic (exact) mass is 411 g/mol. The lowest BCUT2D eigenvalue weighted by atomic mass is 10.2. The summed E-state index contributed by atoms with van der Waals surface area (Å²) in [6, 6.07) is 7.39. The van der Waals surface area contributed by atoms with Gasteiger partial charge in [-0.25, -0.2) is 19.7 Å². The van der Waals surface area contributed by atoms with Gasteiger partial charge in [0, 0.05) is 44.6 Å². The van der Waals surface area contributed by atoms with E-state index < -0.39 is 0 Å². The highest BCUT2D eigenvalue weighted by molar-refractivity contribution is 6.33. The number of piperazine rings is 1. The number of nitrogens with zero attached hydrogens (tertiary/aromatic N) is 6. The molecule has 0 radical (unpaired) electrons. The maximum absolute atomic E-state index is 12.6. The molecule has 2 amide bonds. The van der Waals surface area contributed by atoms with Gasteiger partial charge in [0.25, 0.3) is 0 Å². The molecule has 150 valence electrons. The first-order valence-electron chi connectivity index (χ1n) is 9.40. The normalized spacial score (nSPS) is 14.2. The number of rotatable bonds is 3. The predicted octanol–water partition coefficient (Wildman–Crippen LogP) is 3.29. The summed E-state index contributed by atoms with van der Waals surface area (Å²) in [5, 5.41) is 3.44. The standard InChI is InChI=1S/C20H22ClN7O/c1-14-3-4-17(16(21)11-14)25-20(29)27-9-7-26(8-10-27)18-12-19(24-15(2)23-18)28-6-5-22-13-28/h3-6,11-13H,7-10H2,1-2H3,(H,25,29). The molecule has 1 fully saturated rings. The highest BCUT2D eigenvalue weighted by Gasteiger charge is 2.23. The number of nitrogens with one attached hydrogen (secondary N) is 1. The fourth-order valence-electron chi connectivity index (χ4n) is 3.28. The van der Waals surface area contributed by atoms with Crippen molar-refractivity contribution >= 4 is 29.1 Å². The Kier molecular flexibility index (Phi) is 5.35. The fourth-order valence-corrected chi connectivity index (χ4v) is 3.56. The molecule has 9 heteroatoms. The third-order valence-corrected chi connectivity index (χ3v) is 5.15. The minimum atomic E-state index is -0.145. The van der Waals surface area contributed by atoms with Gasteiger partial charge >= 0.3 is 6.03 Å². The van der Waals surface area contributed by atoms with E-state index in [1.165, 1.54) is 0 Å². The van der Waals surface area contributed by atoms with Gasteiger partial charge in [0.1, 0.15) is 23.8 Å². The number of urea groups is 1. The Morgan fingerprint density at radius 1 is 1.07 bits per heavy atom. The molecule has 3 aromatic rings. The minimum Gasteiger partial charge on any atom is -0.353 e. The molecule has 1 aliphatic heterocycles. The summed E-state index contributed by atoms with van der Waals surface area (Å²) in [7, 11) is 0. The predicted molar refractivity (Wildman–Crippen MR) is 113 cm³/mol. The topological polar surface area (TPSA) is 79.2 Å². The van der Waals surface area contributed by atoms with Crippen LogP contribution >= 0.6 is 11.6 Å². The van der Waals surface area contributed by atoms with Crippen LogP contribution in [-0.2, 0) is 0 Å². The Morgan fingerprint density at radius 2 is 1.83 bits per heavy atom. The zero-order valence-electron chi connectivity index (χ0n) is 16.3. The van der Waals surface area contributed by atoms with Crippen LogP contribution in [0.2, 0.25) is 5.02 Å².